The zero-order chi connectivity index (χ0) is 16.1. The molecule has 0 saturated carbocycles. The molecule has 0 bridgehead atoms. The third-order valence-electron chi connectivity index (χ3n) is 3.66. The van der Waals surface area contributed by atoms with E-state index in [1.165, 1.54) is 0 Å². The Hall–Kier alpha value is -2.04. The van der Waals surface area contributed by atoms with Gasteiger partial charge in [-0.15, -0.1) is 0 Å². The topological polar surface area (TPSA) is 66.7 Å². The van der Waals surface area contributed by atoms with Gasteiger partial charge >= 0.3 is 0 Å². The zero-order valence-corrected chi connectivity index (χ0v) is 12.8. The molecule has 0 aliphatic rings. The second kappa shape index (κ2) is 7.29. The molecule has 0 aliphatic heterocycles. The Labute approximate surface area is 133 Å². The molecule has 0 radical (unpaired) electrons. The minimum absolute atomic E-state index is 0.177. The Morgan fingerprint density at radius 2 is 1.82 bits per heavy atom. The van der Waals surface area contributed by atoms with Crippen molar-refractivity contribution in [3.8, 4) is 0 Å². The summed E-state index contributed by atoms with van der Waals surface area (Å²) in [6, 6.07) is 12.9. The van der Waals surface area contributed by atoms with Gasteiger partial charge in [-0.05, 0) is 36.8 Å². The number of aliphatic hydroxyl groups excluding tert-OH is 1. The number of halogens is 1. The molecule has 4 nitrogen and oxygen atoms in total. The van der Waals surface area contributed by atoms with Crippen LogP contribution in [0.15, 0.2) is 53.7 Å². The highest BCUT2D eigenvalue weighted by Gasteiger charge is 2.24. The lowest BCUT2D eigenvalue weighted by molar-refractivity contribution is 0.103. The van der Waals surface area contributed by atoms with Crippen LogP contribution in [0.2, 0.25) is 5.02 Å². The lowest BCUT2D eigenvalue weighted by Gasteiger charge is -2.19. The Kier molecular flexibility index (Phi) is 5.41. The minimum atomic E-state index is -0.621. The molecular formula is C17H16ClNO3. The molecule has 0 aromatic heterocycles. The molecule has 0 amide bonds. The van der Waals surface area contributed by atoms with Gasteiger partial charge in [-0.2, -0.15) is 4.91 Å². The van der Waals surface area contributed by atoms with E-state index in [0.29, 0.717) is 21.7 Å². The van der Waals surface area contributed by atoms with Crippen molar-refractivity contribution in [3.63, 3.8) is 0 Å². The Bertz CT molecular complexity index is 670. The average molecular weight is 318 g/mol. The van der Waals surface area contributed by atoms with Gasteiger partial charge < -0.3 is 5.11 Å². The van der Waals surface area contributed by atoms with Gasteiger partial charge in [0.25, 0.3) is 0 Å². The largest absolute Gasteiger partial charge is 0.396 e. The number of aliphatic hydroxyl groups is 1. The SMILES string of the molecule is CC(N=O)C(CO)c1ccccc1C(=O)c1ccc(Cl)cc1. The van der Waals surface area contributed by atoms with Crippen LogP contribution in [0.5, 0.6) is 0 Å². The molecule has 2 aromatic carbocycles. The second-order valence-electron chi connectivity index (χ2n) is 5.06. The molecule has 2 atom stereocenters. The van der Waals surface area contributed by atoms with Crippen LogP contribution in [0.25, 0.3) is 0 Å². The summed E-state index contributed by atoms with van der Waals surface area (Å²) in [4.78, 5) is 23.5. The first-order valence-electron chi connectivity index (χ1n) is 6.91. The summed E-state index contributed by atoms with van der Waals surface area (Å²) < 4.78 is 0. The minimum Gasteiger partial charge on any atom is -0.396 e. The van der Waals surface area contributed by atoms with Gasteiger partial charge in [-0.25, -0.2) is 0 Å². The van der Waals surface area contributed by atoms with Crippen molar-refractivity contribution in [1.29, 1.82) is 0 Å². The first-order chi connectivity index (χ1) is 10.6. The summed E-state index contributed by atoms with van der Waals surface area (Å²) in [5, 5.41) is 13.1. The molecule has 0 heterocycles. The number of benzene rings is 2. The number of carbonyl (C=O) groups is 1. The number of ketones is 1. The predicted octanol–water partition coefficient (Wildman–Crippen LogP) is 3.80. The molecule has 2 rings (SSSR count). The lowest BCUT2D eigenvalue weighted by atomic mass is 9.87. The van der Waals surface area contributed by atoms with Crippen molar-refractivity contribution in [1.82, 2.24) is 0 Å². The maximum absolute atomic E-state index is 12.7. The second-order valence-corrected chi connectivity index (χ2v) is 5.49. The quantitative estimate of drug-likeness (QED) is 0.651. The number of hydrogen-bond acceptors (Lipinski definition) is 4. The van der Waals surface area contributed by atoms with E-state index in [1.54, 1.807) is 55.5 Å². The zero-order valence-electron chi connectivity index (χ0n) is 12.1. The molecule has 22 heavy (non-hydrogen) atoms. The summed E-state index contributed by atoms with van der Waals surface area (Å²) in [6.45, 7) is 1.37. The molecule has 0 spiro atoms. The Morgan fingerprint density at radius 1 is 1.18 bits per heavy atom. The van der Waals surface area contributed by atoms with E-state index in [0.717, 1.165) is 0 Å². The number of rotatable bonds is 6. The third kappa shape index (κ3) is 3.40. The van der Waals surface area contributed by atoms with Crippen molar-refractivity contribution in [2.75, 3.05) is 6.61 Å². The van der Waals surface area contributed by atoms with Crippen molar-refractivity contribution in [2.24, 2.45) is 5.18 Å². The first kappa shape index (κ1) is 16.3. The maximum atomic E-state index is 12.7. The van der Waals surface area contributed by atoms with Gasteiger partial charge in [-0.3, -0.25) is 4.79 Å². The summed E-state index contributed by atoms with van der Waals surface area (Å²) >= 11 is 5.84. The highest BCUT2D eigenvalue weighted by molar-refractivity contribution is 6.30. The van der Waals surface area contributed by atoms with Crippen molar-refractivity contribution in [2.45, 2.75) is 18.9 Å². The number of nitrogens with zero attached hydrogens (tertiary/aromatic N) is 1. The van der Waals surface area contributed by atoms with Gasteiger partial charge in [0.15, 0.2) is 5.78 Å². The summed E-state index contributed by atoms with van der Waals surface area (Å²) in [5.74, 6) is -0.686. The molecular weight excluding hydrogens is 302 g/mol. The summed E-state index contributed by atoms with van der Waals surface area (Å²) in [5.41, 5.74) is 1.58. The average Bonchev–Trinajstić information content (AvgIpc) is 2.56. The van der Waals surface area contributed by atoms with Crippen molar-refractivity contribution >= 4 is 17.4 Å². The van der Waals surface area contributed by atoms with Gasteiger partial charge in [-0.1, -0.05) is 41.0 Å². The Balaban J connectivity index is 2.45. The Morgan fingerprint density at radius 3 is 2.41 bits per heavy atom. The van der Waals surface area contributed by atoms with Crippen LogP contribution >= 0.6 is 11.6 Å². The molecule has 1 N–H and O–H groups in total. The molecule has 5 heteroatoms. The molecule has 2 aromatic rings. The monoisotopic (exact) mass is 317 g/mol. The summed E-state index contributed by atoms with van der Waals surface area (Å²) in [7, 11) is 0. The van der Waals surface area contributed by atoms with E-state index < -0.39 is 12.0 Å². The van der Waals surface area contributed by atoms with E-state index in [-0.39, 0.29) is 12.4 Å². The van der Waals surface area contributed by atoms with Crippen molar-refractivity contribution in [3.05, 3.63) is 75.2 Å². The van der Waals surface area contributed by atoms with Gasteiger partial charge in [0.05, 0.1) is 12.6 Å². The van der Waals surface area contributed by atoms with Crippen LogP contribution in [-0.4, -0.2) is 23.5 Å². The van der Waals surface area contributed by atoms with Crippen molar-refractivity contribution < 1.29 is 9.90 Å². The van der Waals surface area contributed by atoms with E-state index >= 15 is 0 Å². The fourth-order valence-corrected chi connectivity index (χ4v) is 2.49. The molecule has 114 valence electrons. The fraction of sp³-hybridized carbons (Fsp3) is 0.235. The number of hydrogen-bond donors (Lipinski definition) is 1. The van der Waals surface area contributed by atoms with Gasteiger partial charge in [0, 0.05) is 22.1 Å². The van der Waals surface area contributed by atoms with E-state index in [2.05, 4.69) is 5.18 Å². The molecule has 0 fully saturated rings. The van der Waals surface area contributed by atoms with Crippen LogP contribution in [0.1, 0.15) is 34.3 Å². The van der Waals surface area contributed by atoms with Crippen LogP contribution in [0, 0.1) is 4.91 Å². The van der Waals surface area contributed by atoms with Crippen LogP contribution in [-0.2, 0) is 0 Å². The van der Waals surface area contributed by atoms with Crippen LogP contribution in [0.3, 0.4) is 0 Å². The lowest BCUT2D eigenvalue weighted by Crippen LogP contribution is -2.20. The van der Waals surface area contributed by atoms with E-state index in [1.807, 2.05) is 0 Å². The predicted molar refractivity (Wildman–Crippen MR) is 86.4 cm³/mol. The number of nitroso groups, excluding NO2 is 1. The highest BCUT2D eigenvalue weighted by Crippen LogP contribution is 2.27. The standard InChI is InChI=1S/C17H16ClNO3/c1-11(19-22)16(10-20)14-4-2-3-5-15(14)17(21)12-6-8-13(18)9-7-12/h2-9,11,16,20H,10H2,1H3. The van der Waals surface area contributed by atoms with E-state index in [9.17, 15) is 14.8 Å². The molecule has 0 saturated heterocycles. The normalized spacial score (nSPS) is 13.4. The molecule has 0 aliphatic carbocycles. The van der Waals surface area contributed by atoms with Gasteiger partial charge in [0.2, 0.25) is 0 Å². The fourth-order valence-electron chi connectivity index (χ4n) is 2.37. The molecule has 2 unspecified atom stereocenters. The van der Waals surface area contributed by atoms with Crippen LogP contribution in [0.4, 0.5) is 0 Å². The smallest absolute Gasteiger partial charge is 0.193 e. The first-order valence-corrected chi connectivity index (χ1v) is 7.28. The summed E-state index contributed by atoms with van der Waals surface area (Å²) in [6.07, 6.45) is 0. The third-order valence-corrected chi connectivity index (χ3v) is 3.91. The van der Waals surface area contributed by atoms with Gasteiger partial charge in [0.1, 0.15) is 0 Å². The number of carbonyl (C=O) groups excluding carboxylic acids is 1. The highest BCUT2D eigenvalue weighted by atomic mass is 35.5. The maximum Gasteiger partial charge on any atom is 0.193 e. The van der Waals surface area contributed by atoms with E-state index in [4.69, 9.17) is 11.6 Å². The van der Waals surface area contributed by atoms with Crippen LogP contribution < -0.4 is 0 Å².